The van der Waals surface area contributed by atoms with Crippen LogP contribution in [0.1, 0.15) is 29.0 Å². The summed E-state index contributed by atoms with van der Waals surface area (Å²) in [4.78, 5) is 5.47. The third-order valence-electron chi connectivity index (χ3n) is 9.36. The molecular formula is C40H25N5O. The van der Waals surface area contributed by atoms with E-state index in [2.05, 4.69) is 130 Å². The first-order valence-electron chi connectivity index (χ1n) is 15.4. The Morgan fingerprint density at radius 1 is 0.630 bits per heavy atom. The molecule has 6 heteroatoms. The van der Waals surface area contributed by atoms with Gasteiger partial charge in [0.1, 0.15) is 17.3 Å². The van der Waals surface area contributed by atoms with Crippen LogP contribution < -0.4 is 0 Å². The van der Waals surface area contributed by atoms with Crippen LogP contribution in [0.25, 0.3) is 54.9 Å². The Kier molecular flexibility index (Phi) is 5.16. The molecule has 2 aromatic heterocycles. The van der Waals surface area contributed by atoms with E-state index in [1.54, 1.807) is 0 Å². The molecule has 4 heterocycles. The van der Waals surface area contributed by atoms with Gasteiger partial charge in [0.25, 0.3) is 0 Å². The third-order valence-corrected chi connectivity index (χ3v) is 9.36. The van der Waals surface area contributed by atoms with Gasteiger partial charge in [-0.05, 0) is 58.7 Å². The minimum Gasteiger partial charge on any atom is -0.454 e. The number of benzene rings is 6. The van der Waals surface area contributed by atoms with E-state index in [1.165, 1.54) is 5.56 Å². The molecule has 1 fully saturated rings. The third kappa shape index (κ3) is 3.52. The van der Waals surface area contributed by atoms with Gasteiger partial charge in [0.15, 0.2) is 11.7 Å². The van der Waals surface area contributed by atoms with Crippen molar-refractivity contribution >= 4 is 49.7 Å². The summed E-state index contributed by atoms with van der Waals surface area (Å²) in [7, 11) is 0. The number of hydrogen-bond donors (Lipinski definition) is 0. The van der Waals surface area contributed by atoms with Crippen LogP contribution in [0.3, 0.4) is 0 Å². The van der Waals surface area contributed by atoms with E-state index in [0.29, 0.717) is 5.56 Å². The van der Waals surface area contributed by atoms with Crippen molar-refractivity contribution in [2.75, 3.05) is 0 Å². The second kappa shape index (κ2) is 9.42. The SMILES string of the molecule is N#Cc1cccc(-c2cccc(C3N=C(n4c5ccccc5c5ccc6c7ccccc7oc6c54)N4C(c5ccccc5)N34)c2)c1. The molecule has 0 spiro atoms. The molecule has 0 radical (unpaired) electrons. The number of furan rings is 1. The van der Waals surface area contributed by atoms with Gasteiger partial charge in [-0.2, -0.15) is 10.3 Å². The number of fused-ring (bicyclic) bond motifs is 8. The van der Waals surface area contributed by atoms with Gasteiger partial charge in [-0.3, -0.25) is 4.57 Å². The largest absolute Gasteiger partial charge is 0.454 e. The summed E-state index contributed by atoms with van der Waals surface area (Å²) in [6.45, 7) is 0. The van der Waals surface area contributed by atoms with Gasteiger partial charge >= 0.3 is 0 Å². The topological polar surface area (TPSA) is 60.2 Å². The number of nitrogens with zero attached hydrogens (tertiary/aromatic N) is 5. The highest BCUT2D eigenvalue weighted by Crippen LogP contribution is 2.54. The molecule has 0 aliphatic carbocycles. The molecule has 0 amide bonds. The van der Waals surface area contributed by atoms with E-state index in [-0.39, 0.29) is 12.3 Å². The fraction of sp³-hybridized carbons (Fsp3) is 0.0500. The molecule has 2 aliphatic rings. The maximum Gasteiger partial charge on any atom is 0.225 e. The van der Waals surface area contributed by atoms with Crippen molar-refractivity contribution in [1.82, 2.24) is 14.6 Å². The van der Waals surface area contributed by atoms with Gasteiger partial charge in [-0.25, -0.2) is 10.0 Å². The number of hydrogen-bond acceptors (Lipinski definition) is 5. The summed E-state index contributed by atoms with van der Waals surface area (Å²) in [5, 5.41) is 18.7. The average molecular weight is 592 g/mol. The fourth-order valence-electron chi connectivity index (χ4n) is 7.27. The van der Waals surface area contributed by atoms with Gasteiger partial charge < -0.3 is 4.42 Å². The molecule has 46 heavy (non-hydrogen) atoms. The number of aliphatic imine (C=N–C) groups is 1. The predicted octanol–water partition coefficient (Wildman–Crippen LogP) is 9.38. The molecule has 1 saturated heterocycles. The molecule has 6 aromatic carbocycles. The zero-order valence-corrected chi connectivity index (χ0v) is 24.6. The average Bonchev–Trinajstić information content (AvgIpc) is 3.37. The summed E-state index contributed by atoms with van der Waals surface area (Å²) >= 11 is 0. The molecule has 6 nitrogen and oxygen atoms in total. The van der Waals surface area contributed by atoms with Crippen LogP contribution in [-0.2, 0) is 0 Å². The number of nitriles is 1. The predicted molar refractivity (Wildman–Crippen MR) is 182 cm³/mol. The summed E-state index contributed by atoms with van der Waals surface area (Å²) in [5.74, 6) is 0.870. The summed E-state index contributed by atoms with van der Waals surface area (Å²) in [6.07, 6.45) is -0.194. The van der Waals surface area contributed by atoms with Crippen molar-refractivity contribution < 1.29 is 4.42 Å². The Labute approximate surface area is 264 Å². The van der Waals surface area contributed by atoms with E-state index in [1.807, 2.05) is 30.3 Å². The van der Waals surface area contributed by atoms with E-state index in [9.17, 15) is 5.26 Å². The van der Waals surface area contributed by atoms with Crippen LogP contribution in [0, 0.1) is 11.3 Å². The molecule has 0 bridgehead atoms. The molecule has 10 rings (SSSR count). The lowest BCUT2D eigenvalue weighted by atomic mass is 10.0. The lowest BCUT2D eigenvalue weighted by Gasteiger charge is -2.14. The summed E-state index contributed by atoms with van der Waals surface area (Å²) < 4.78 is 8.92. The van der Waals surface area contributed by atoms with Gasteiger partial charge in [0.05, 0.1) is 17.1 Å². The zero-order valence-electron chi connectivity index (χ0n) is 24.6. The Morgan fingerprint density at radius 3 is 2.22 bits per heavy atom. The number of hydrazine groups is 1. The maximum atomic E-state index is 9.50. The van der Waals surface area contributed by atoms with E-state index < -0.39 is 0 Å². The van der Waals surface area contributed by atoms with E-state index in [0.717, 1.165) is 66.4 Å². The van der Waals surface area contributed by atoms with Gasteiger partial charge in [-0.1, -0.05) is 103 Å². The molecule has 8 aromatic rings. The van der Waals surface area contributed by atoms with Crippen LogP contribution >= 0.6 is 0 Å². The van der Waals surface area contributed by atoms with Crippen molar-refractivity contribution in [3.63, 3.8) is 0 Å². The first-order chi connectivity index (χ1) is 22.8. The van der Waals surface area contributed by atoms with Crippen molar-refractivity contribution in [3.8, 4) is 17.2 Å². The zero-order chi connectivity index (χ0) is 30.4. The van der Waals surface area contributed by atoms with Crippen LogP contribution in [0.2, 0.25) is 0 Å². The van der Waals surface area contributed by atoms with Gasteiger partial charge in [-0.15, -0.1) is 0 Å². The molecule has 3 unspecified atom stereocenters. The maximum absolute atomic E-state index is 9.50. The molecular weight excluding hydrogens is 566 g/mol. The number of aromatic nitrogens is 1. The fourth-order valence-corrected chi connectivity index (χ4v) is 7.27. The first kappa shape index (κ1) is 25.2. The van der Waals surface area contributed by atoms with Crippen molar-refractivity contribution in [2.45, 2.75) is 12.3 Å². The highest BCUT2D eigenvalue weighted by atomic mass is 16.3. The lowest BCUT2D eigenvalue weighted by molar-refractivity contribution is 0.340. The summed E-state index contributed by atoms with van der Waals surface area (Å²) in [5.41, 5.74) is 8.88. The number of rotatable bonds is 3. The molecule has 3 atom stereocenters. The molecule has 0 N–H and O–H groups in total. The normalized spacial score (nSPS) is 18.7. The molecule has 216 valence electrons. The van der Waals surface area contributed by atoms with Gasteiger partial charge in [0, 0.05) is 21.5 Å². The Balaban J connectivity index is 1.21. The first-order valence-corrected chi connectivity index (χ1v) is 15.4. The number of para-hydroxylation sites is 2. The molecule has 2 aliphatic heterocycles. The molecule has 0 saturated carbocycles. The standard InChI is InChI=1S/C40H25N5O/c41-24-25-10-8-13-27(22-25)28-14-9-15-29(23-28)38-42-40(45-39(44(38)45)26-11-2-1-3-12-26)43-34-18-6-4-16-30(34)32-20-21-33-31-17-5-7-19-35(31)46-37(33)36(32)43/h1-23,38-39H. The lowest BCUT2D eigenvalue weighted by Crippen LogP contribution is -2.20. The van der Waals surface area contributed by atoms with Crippen molar-refractivity contribution in [1.29, 1.82) is 5.26 Å². The van der Waals surface area contributed by atoms with Crippen LogP contribution in [0.15, 0.2) is 149 Å². The Hall–Kier alpha value is -6.16. The van der Waals surface area contributed by atoms with Crippen molar-refractivity contribution in [3.05, 3.63) is 156 Å². The van der Waals surface area contributed by atoms with Crippen LogP contribution in [0.4, 0.5) is 0 Å². The van der Waals surface area contributed by atoms with Crippen molar-refractivity contribution in [2.24, 2.45) is 4.99 Å². The van der Waals surface area contributed by atoms with E-state index >= 15 is 0 Å². The monoisotopic (exact) mass is 591 g/mol. The van der Waals surface area contributed by atoms with E-state index in [4.69, 9.17) is 9.41 Å². The summed E-state index contributed by atoms with van der Waals surface area (Å²) in [6, 6.07) is 50.4. The Bertz CT molecular complexity index is 2590. The van der Waals surface area contributed by atoms with Crippen LogP contribution in [-0.4, -0.2) is 20.5 Å². The second-order valence-electron chi connectivity index (χ2n) is 11.9. The van der Waals surface area contributed by atoms with Crippen LogP contribution in [0.5, 0.6) is 0 Å². The minimum atomic E-state index is -0.231. The highest BCUT2D eigenvalue weighted by Gasteiger charge is 2.58. The Morgan fingerprint density at radius 2 is 1.35 bits per heavy atom. The quantitative estimate of drug-likeness (QED) is 0.192. The smallest absolute Gasteiger partial charge is 0.225 e. The minimum absolute atomic E-state index is 0.0374. The highest BCUT2D eigenvalue weighted by molar-refractivity contribution is 6.24. The second-order valence-corrected chi connectivity index (χ2v) is 11.9. The van der Waals surface area contributed by atoms with Gasteiger partial charge in [0.2, 0.25) is 5.96 Å².